The fourth-order valence-electron chi connectivity index (χ4n) is 2.12. The van der Waals surface area contributed by atoms with Crippen LogP contribution in [0.2, 0.25) is 0 Å². The fourth-order valence-corrected chi connectivity index (χ4v) is 2.12. The first-order chi connectivity index (χ1) is 10.5. The molecule has 9 nitrogen and oxygen atoms in total. The van der Waals surface area contributed by atoms with Crippen LogP contribution in [-0.2, 0) is 17.8 Å². The summed E-state index contributed by atoms with van der Waals surface area (Å²) in [7, 11) is 4.08. The Morgan fingerprint density at radius 1 is 1.59 bits per heavy atom. The first-order valence-electron chi connectivity index (χ1n) is 7.10. The van der Waals surface area contributed by atoms with Crippen molar-refractivity contribution in [1.29, 1.82) is 0 Å². The van der Waals surface area contributed by atoms with E-state index in [0.29, 0.717) is 30.7 Å². The van der Waals surface area contributed by atoms with Gasteiger partial charge in [-0.25, -0.2) is 4.79 Å². The lowest BCUT2D eigenvalue weighted by molar-refractivity contribution is -0.122. The van der Waals surface area contributed by atoms with Gasteiger partial charge in [0.05, 0.1) is 6.54 Å². The summed E-state index contributed by atoms with van der Waals surface area (Å²) in [5.74, 6) is 1.12. The van der Waals surface area contributed by atoms with Crippen LogP contribution in [0.25, 0.3) is 0 Å². The maximum Gasteiger partial charge on any atom is 0.317 e. The van der Waals surface area contributed by atoms with Crippen LogP contribution in [-0.4, -0.2) is 70.8 Å². The molecule has 2 rings (SSSR count). The van der Waals surface area contributed by atoms with E-state index in [4.69, 9.17) is 14.4 Å². The van der Waals surface area contributed by atoms with Crippen LogP contribution in [0.1, 0.15) is 25.1 Å². The number of likely N-dealkylation sites (N-methyl/N-ethyl adjacent to an activating group) is 1. The van der Waals surface area contributed by atoms with E-state index in [9.17, 15) is 4.79 Å². The molecule has 124 valence electrons. The zero-order valence-electron chi connectivity index (χ0n) is 13.2. The molecule has 0 spiro atoms. The van der Waals surface area contributed by atoms with Crippen molar-refractivity contribution in [2.75, 3.05) is 27.2 Å². The summed E-state index contributed by atoms with van der Waals surface area (Å²) in [6.45, 7) is 3.57. The molecular weight excluding hydrogens is 290 g/mol. The number of hydrogen-bond acceptors (Lipinski definition) is 6. The van der Waals surface area contributed by atoms with E-state index in [1.165, 1.54) is 0 Å². The van der Waals surface area contributed by atoms with Crippen molar-refractivity contribution in [3.8, 4) is 0 Å². The zero-order chi connectivity index (χ0) is 16.5. The summed E-state index contributed by atoms with van der Waals surface area (Å²) in [4.78, 5) is 28.5. The number of nitrogens with one attached hydrogen (secondary N) is 1. The molecular formula is C13H23N5O4. The third-order valence-electron chi connectivity index (χ3n) is 3.39. The maximum atomic E-state index is 12.0. The molecule has 2 heterocycles. The number of aromatic nitrogens is 2. The molecule has 0 bridgehead atoms. The predicted molar refractivity (Wildman–Crippen MR) is 78.3 cm³/mol. The number of urea groups is 1. The maximum absolute atomic E-state index is 12.0. The normalized spacial score (nSPS) is 17.1. The van der Waals surface area contributed by atoms with Gasteiger partial charge < -0.3 is 24.7 Å². The van der Waals surface area contributed by atoms with Crippen LogP contribution in [0, 0.1) is 0 Å². The second kappa shape index (κ2) is 8.98. The lowest BCUT2D eigenvalue weighted by Crippen LogP contribution is -2.40. The Balaban J connectivity index is 0.000000745. The van der Waals surface area contributed by atoms with Crippen LogP contribution >= 0.6 is 0 Å². The molecule has 1 aromatic heterocycles. The average molecular weight is 313 g/mol. The Morgan fingerprint density at radius 3 is 2.77 bits per heavy atom. The molecule has 1 aliphatic rings. The number of amides is 2. The molecule has 0 aliphatic carbocycles. The van der Waals surface area contributed by atoms with Crippen LogP contribution in [0.4, 0.5) is 4.79 Å². The van der Waals surface area contributed by atoms with Crippen molar-refractivity contribution in [2.45, 2.75) is 32.4 Å². The average Bonchev–Trinajstić information content (AvgIpc) is 3.14. The molecule has 1 unspecified atom stereocenters. The molecule has 1 atom stereocenters. The molecule has 1 aromatic rings. The number of carbonyl (C=O) groups is 2. The van der Waals surface area contributed by atoms with Gasteiger partial charge in [-0.3, -0.25) is 4.79 Å². The van der Waals surface area contributed by atoms with Gasteiger partial charge in [-0.2, -0.15) is 4.98 Å². The third-order valence-corrected chi connectivity index (χ3v) is 3.39. The zero-order valence-corrected chi connectivity index (χ0v) is 13.2. The topological polar surface area (TPSA) is 112 Å². The van der Waals surface area contributed by atoms with E-state index in [1.807, 2.05) is 25.9 Å². The minimum Gasteiger partial charge on any atom is -0.483 e. The van der Waals surface area contributed by atoms with Crippen LogP contribution < -0.4 is 5.32 Å². The Kier molecular flexibility index (Phi) is 7.30. The number of carbonyl (C=O) groups excluding carboxylic acids is 1. The Labute approximate surface area is 129 Å². The van der Waals surface area contributed by atoms with Crippen molar-refractivity contribution < 1.29 is 19.2 Å². The summed E-state index contributed by atoms with van der Waals surface area (Å²) < 4.78 is 4.99. The van der Waals surface area contributed by atoms with Crippen molar-refractivity contribution >= 4 is 12.5 Å². The first kappa shape index (κ1) is 17.9. The van der Waals surface area contributed by atoms with E-state index in [0.717, 1.165) is 19.5 Å². The van der Waals surface area contributed by atoms with E-state index in [2.05, 4.69) is 20.4 Å². The van der Waals surface area contributed by atoms with Crippen molar-refractivity contribution in [3.63, 3.8) is 0 Å². The van der Waals surface area contributed by atoms with E-state index >= 15 is 0 Å². The van der Waals surface area contributed by atoms with Gasteiger partial charge in [0.25, 0.3) is 6.47 Å². The van der Waals surface area contributed by atoms with E-state index in [-0.39, 0.29) is 12.5 Å². The lowest BCUT2D eigenvalue weighted by Gasteiger charge is -2.20. The fraction of sp³-hybridized carbons (Fsp3) is 0.692. The van der Waals surface area contributed by atoms with E-state index < -0.39 is 0 Å². The highest BCUT2D eigenvalue weighted by molar-refractivity contribution is 5.74. The highest BCUT2D eigenvalue weighted by Crippen LogP contribution is 2.13. The number of hydrogen-bond donors (Lipinski definition) is 2. The molecule has 1 saturated heterocycles. The second-order valence-electron chi connectivity index (χ2n) is 5.07. The van der Waals surface area contributed by atoms with E-state index in [1.54, 1.807) is 0 Å². The summed E-state index contributed by atoms with van der Waals surface area (Å²) in [5.41, 5.74) is 0. The highest BCUT2D eigenvalue weighted by atomic mass is 16.5. The number of aryl methyl sites for hydroxylation is 1. The summed E-state index contributed by atoms with van der Waals surface area (Å²) in [6.07, 6.45) is 1.72. The molecule has 0 radical (unpaired) electrons. The summed E-state index contributed by atoms with van der Waals surface area (Å²) in [6, 6.07) is 0.384. The SMILES string of the molecule is CCc1nc(CNC(=O)N2CCC(N(C)C)C2)no1.O=CO. The van der Waals surface area contributed by atoms with Crippen LogP contribution in [0.15, 0.2) is 4.52 Å². The Hall–Kier alpha value is -2.16. The summed E-state index contributed by atoms with van der Waals surface area (Å²) >= 11 is 0. The quantitative estimate of drug-likeness (QED) is 0.762. The predicted octanol–water partition coefficient (Wildman–Crippen LogP) is 0.178. The summed E-state index contributed by atoms with van der Waals surface area (Å²) in [5, 5.41) is 13.5. The van der Waals surface area contributed by atoms with Gasteiger partial charge in [0.15, 0.2) is 5.82 Å². The van der Waals surface area contributed by atoms with Crippen molar-refractivity contribution in [3.05, 3.63) is 11.7 Å². The largest absolute Gasteiger partial charge is 0.483 e. The number of carboxylic acid groups (broad SMARTS) is 1. The number of rotatable bonds is 4. The minimum absolute atomic E-state index is 0.0628. The van der Waals surface area contributed by atoms with Gasteiger partial charge in [0, 0.05) is 25.6 Å². The molecule has 1 fully saturated rings. The second-order valence-corrected chi connectivity index (χ2v) is 5.07. The lowest BCUT2D eigenvalue weighted by atomic mass is 10.2. The van der Waals surface area contributed by atoms with Crippen LogP contribution in [0.5, 0.6) is 0 Å². The number of likely N-dealkylation sites (tertiary alicyclic amines) is 1. The Bertz CT molecular complexity index is 477. The molecule has 0 saturated carbocycles. The van der Waals surface area contributed by atoms with Crippen molar-refractivity contribution in [2.24, 2.45) is 0 Å². The standard InChI is InChI=1S/C12H21N5O2.CH2O2/c1-4-11-14-10(15-19-11)7-13-12(18)17-6-5-9(8-17)16(2)3;2-1-3/h9H,4-8H2,1-3H3,(H,13,18);1H,(H,2,3). The molecule has 22 heavy (non-hydrogen) atoms. The monoisotopic (exact) mass is 313 g/mol. The van der Waals surface area contributed by atoms with Gasteiger partial charge in [-0.15, -0.1) is 0 Å². The molecule has 2 N–H and O–H groups in total. The van der Waals surface area contributed by atoms with Gasteiger partial charge in [0.1, 0.15) is 0 Å². The van der Waals surface area contributed by atoms with Gasteiger partial charge in [-0.1, -0.05) is 12.1 Å². The Morgan fingerprint density at radius 2 is 2.27 bits per heavy atom. The molecule has 1 aliphatic heterocycles. The first-order valence-corrected chi connectivity index (χ1v) is 7.10. The van der Waals surface area contributed by atoms with Crippen molar-refractivity contribution in [1.82, 2.24) is 25.3 Å². The minimum atomic E-state index is -0.250. The van der Waals surface area contributed by atoms with Crippen LogP contribution in [0.3, 0.4) is 0 Å². The van der Waals surface area contributed by atoms with Gasteiger partial charge in [0.2, 0.25) is 5.89 Å². The molecule has 9 heteroatoms. The number of nitrogens with zero attached hydrogens (tertiary/aromatic N) is 4. The van der Waals surface area contributed by atoms with Gasteiger partial charge >= 0.3 is 6.03 Å². The van der Waals surface area contributed by atoms with Gasteiger partial charge in [-0.05, 0) is 20.5 Å². The highest BCUT2D eigenvalue weighted by Gasteiger charge is 2.27. The third kappa shape index (κ3) is 5.32. The smallest absolute Gasteiger partial charge is 0.317 e. The molecule has 2 amide bonds. The molecule has 0 aromatic carbocycles.